The number of amides is 1. The minimum absolute atomic E-state index is 0.154. The van der Waals surface area contributed by atoms with Gasteiger partial charge in [-0.15, -0.1) is 0 Å². The summed E-state index contributed by atoms with van der Waals surface area (Å²) in [5.41, 5.74) is 0.425. The molecule has 0 aromatic carbocycles. The van der Waals surface area contributed by atoms with E-state index in [9.17, 15) is 4.79 Å². The van der Waals surface area contributed by atoms with Gasteiger partial charge in [-0.2, -0.15) is 0 Å². The first kappa shape index (κ1) is 20.8. The number of hydrogen-bond donors (Lipinski definition) is 2. The molecule has 0 aliphatic carbocycles. The lowest BCUT2D eigenvalue weighted by Crippen LogP contribution is -2.45. The zero-order valence-electron chi connectivity index (χ0n) is 16.5. The van der Waals surface area contributed by atoms with Crippen molar-refractivity contribution in [3.8, 4) is 0 Å². The lowest BCUT2D eigenvalue weighted by molar-refractivity contribution is 0.0131. The third-order valence-electron chi connectivity index (χ3n) is 4.55. The number of aromatic nitrogens is 1. The molecule has 1 atom stereocenters. The standard InChI is InChI=1S/C19H32N4O2S/c1-18(2,3)25-17(24)23-13-14(12-19(23,4)5)7-6-9-21-15-8-10-22-16(11-15)26-20/h8,10-11,14H,6-7,9,12-13,20H2,1-5H3,(H,21,22). The number of rotatable bonds is 6. The Hall–Kier alpha value is -1.47. The molecule has 0 radical (unpaired) electrons. The van der Waals surface area contributed by atoms with Gasteiger partial charge in [-0.3, -0.25) is 5.14 Å². The van der Waals surface area contributed by atoms with Crippen LogP contribution in [0.4, 0.5) is 10.5 Å². The molecule has 146 valence electrons. The SMILES string of the molecule is CC(C)(C)OC(=O)N1CC(CCCNc2ccnc(SN)c2)CC1(C)C. The molecule has 1 aliphatic rings. The van der Waals surface area contributed by atoms with Crippen molar-refractivity contribution in [1.29, 1.82) is 0 Å². The van der Waals surface area contributed by atoms with Crippen LogP contribution in [0.5, 0.6) is 0 Å². The van der Waals surface area contributed by atoms with E-state index in [-0.39, 0.29) is 11.6 Å². The van der Waals surface area contributed by atoms with Crippen molar-refractivity contribution in [3.05, 3.63) is 18.3 Å². The molecule has 7 heteroatoms. The van der Waals surface area contributed by atoms with Crippen LogP contribution in [0.3, 0.4) is 0 Å². The van der Waals surface area contributed by atoms with Gasteiger partial charge < -0.3 is 15.0 Å². The highest BCUT2D eigenvalue weighted by Gasteiger charge is 2.42. The van der Waals surface area contributed by atoms with Gasteiger partial charge in [-0.1, -0.05) is 0 Å². The number of hydrogen-bond acceptors (Lipinski definition) is 6. The van der Waals surface area contributed by atoms with Crippen LogP contribution in [0.1, 0.15) is 53.9 Å². The molecule has 1 amide bonds. The van der Waals surface area contributed by atoms with E-state index >= 15 is 0 Å². The molecule has 1 aliphatic heterocycles. The molecule has 3 N–H and O–H groups in total. The third kappa shape index (κ3) is 6.06. The maximum atomic E-state index is 12.5. The zero-order valence-corrected chi connectivity index (χ0v) is 17.4. The third-order valence-corrected chi connectivity index (χ3v) is 5.01. The van der Waals surface area contributed by atoms with Crippen molar-refractivity contribution in [2.45, 2.75) is 70.0 Å². The van der Waals surface area contributed by atoms with Crippen LogP contribution in [0.2, 0.25) is 0 Å². The van der Waals surface area contributed by atoms with Crippen molar-refractivity contribution >= 4 is 23.7 Å². The Kier molecular flexibility index (Phi) is 6.80. The molecule has 1 fully saturated rings. The normalized spacial score (nSPS) is 19.5. The van der Waals surface area contributed by atoms with E-state index < -0.39 is 5.60 Å². The second kappa shape index (κ2) is 8.48. The van der Waals surface area contributed by atoms with E-state index in [0.717, 1.165) is 55.0 Å². The molecule has 6 nitrogen and oxygen atoms in total. The van der Waals surface area contributed by atoms with Gasteiger partial charge in [0.1, 0.15) is 10.6 Å². The second-order valence-corrected chi connectivity index (χ2v) is 9.20. The number of nitrogens with zero attached hydrogens (tertiary/aromatic N) is 2. The van der Waals surface area contributed by atoms with Crippen molar-refractivity contribution in [2.24, 2.45) is 11.1 Å². The van der Waals surface area contributed by atoms with Gasteiger partial charge in [-0.25, -0.2) is 9.78 Å². The fourth-order valence-electron chi connectivity index (χ4n) is 3.43. The summed E-state index contributed by atoms with van der Waals surface area (Å²) < 4.78 is 5.57. The van der Waals surface area contributed by atoms with E-state index in [2.05, 4.69) is 24.1 Å². The van der Waals surface area contributed by atoms with Gasteiger partial charge in [0.25, 0.3) is 0 Å². The summed E-state index contributed by atoms with van der Waals surface area (Å²) in [4.78, 5) is 18.5. The molecule has 2 rings (SSSR count). The molecule has 26 heavy (non-hydrogen) atoms. The molecule has 1 unspecified atom stereocenters. The van der Waals surface area contributed by atoms with Crippen LogP contribution >= 0.6 is 11.9 Å². The van der Waals surface area contributed by atoms with Crippen LogP contribution in [0.25, 0.3) is 0 Å². The maximum absolute atomic E-state index is 12.5. The number of pyridine rings is 1. The van der Waals surface area contributed by atoms with Crippen LogP contribution in [-0.2, 0) is 4.74 Å². The fourth-order valence-corrected chi connectivity index (χ4v) is 3.74. The Bertz CT molecular complexity index is 616. The summed E-state index contributed by atoms with van der Waals surface area (Å²) in [5, 5.41) is 9.76. The molecular formula is C19H32N4O2S. The van der Waals surface area contributed by atoms with E-state index in [1.807, 2.05) is 37.8 Å². The molecular weight excluding hydrogens is 348 g/mol. The number of likely N-dealkylation sites (tertiary alicyclic amines) is 1. The summed E-state index contributed by atoms with van der Waals surface area (Å²) in [6, 6.07) is 3.90. The summed E-state index contributed by atoms with van der Waals surface area (Å²) >= 11 is 1.15. The van der Waals surface area contributed by atoms with Crippen LogP contribution in [0, 0.1) is 5.92 Å². The summed E-state index contributed by atoms with van der Waals surface area (Å²) in [7, 11) is 0. The highest BCUT2D eigenvalue weighted by atomic mass is 32.2. The van der Waals surface area contributed by atoms with E-state index in [1.54, 1.807) is 6.20 Å². The molecule has 1 aromatic heterocycles. The minimum Gasteiger partial charge on any atom is -0.444 e. The van der Waals surface area contributed by atoms with Crippen molar-refractivity contribution < 1.29 is 9.53 Å². The average molecular weight is 381 g/mol. The monoisotopic (exact) mass is 380 g/mol. The number of anilines is 1. The van der Waals surface area contributed by atoms with Crippen LogP contribution < -0.4 is 10.5 Å². The van der Waals surface area contributed by atoms with Crippen molar-refractivity contribution in [1.82, 2.24) is 9.88 Å². The Balaban J connectivity index is 1.79. The number of carbonyl (C=O) groups is 1. The van der Waals surface area contributed by atoms with Gasteiger partial charge in [0.15, 0.2) is 0 Å². The number of carbonyl (C=O) groups excluding carboxylic acids is 1. The molecule has 2 heterocycles. The summed E-state index contributed by atoms with van der Waals surface area (Å²) in [5.74, 6) is 0.506. The van der Waals surface area contributed by atoms with Crippen LogP contribution in [0.15, 0.2) is 23.4 Å². The average Bonchev–Trinajstić information content (AvgIpc) is 2.85. The van der Waals surface area contributed by atoms with Crippen molar-refractivity contribution in [3.63, 3.8) is 0 Å². The number of ether oxygens (including phenoxy) is 1. The van der Waals surface area contributed by atoms with Crippen molar-refractivity contribution in [2.75, 3.05) is 18.4 Å². The van der Waals surface area contributed by atoms with E-state index in [0.29, 0.717) is 5.92 Å². The first-order valence-corrected chi connectivity index (χ1v) is 10.1. The summed E-state index contributed by atoms with van der Waals surface area (Å²) in [6.07, 6.45) is 4.70. The molecule has 0 bridgehead atoms. The lowest BCUT2D eigenvalue weighted by atomic mass is 9.93. The predicted octanol–water partition coefficient (Wildman–Crippen LogP) is 4.28. The maximum Gasteiger partial charge on any atom is 0.410 e. The minimum atomic E-state index is -0.458. The first-order chi connectivity index (χ1) is 12.1. The van der Waals surface area contributed by atoms with Crippen LogP contribution in [-0.4, -0.2) is 40.2 Å². The lowest BCUT2D eigenvalue weighted by Gasteiger charge is -2.33. The molecule has 0 spiro atoms. The van der Waals surface area contributed by atoms with Gasteiger partial charge in [0.05, 0.1) is 0 Å². The molecule has 1 aromatic rings. The highest BCUT2D eigenvalue weighted by Crippen LogP contribution is 2.36. The highest BCUT2D eigenvalue weighted by molar-refractivity contribution is 7.97. The molecule has 0 saturated carbocycles. The Morgan fingerprint density at radius 3 is 2.88 bits per heavy atom. The Morgan fingerprint density at radius 1 is 1.50 bits per heavy atom. The zero-order chi connectivity index (χ0) is 19.4. The van der Waals surface area contributed by atoms with Gasteiger partial charge in [-0.05, 0) is 83.9 Å². The van der Waals surface area contributed by atoms with Gasteiger partial charge >= 0.3 is 6.09 Å². The second-order valence-electron chi connectivity index (χ2n) is 8.54. The molecule has 1 saturated heterocycles. The largest absolute Gasteiger partial charge is 0.444 e. The topological polar surface area (TPSA) is 80.5 Å². The van der Waals surface area contributed by atoms with Gasteiger partial charge in [0, 0.05) is 30.5 Å². The van der Waals surface area contributed by atoms with E-state index in [4.69, 9.17) is 9.88 Å². The smallest absolute Gasteiger partial charge is 0.410 e. The summed E-state index contributed by atoms with van der Waals surface area (Å²) in [6.45, 7) is 11.6. The fraction of sp³-hybridized carbons (Fsp3) is 0.684. The Morgan fingerprint density at radius 2 is 2.23 bits per heavy atom. The quantitative estimate of drug-likeness (QED) is 0.566. The number of nitrogens with one attached hydrogen (secondary N) is 1. The Labute approximate surface area is 161 Å². The van der Waals surface area contributed by atoms with Gasteiger partial charge in [0.2, 0.25) is 0 Å². The predicted molar refractivity (Wildman–Crippen MR) is 107 cm³/mol. The first-order valence-electron chi connectivity index (χ1n) is 9.18. The number of nitrogens with two attached hydrogens (primary N) is 1. The van der Waals surface area contributed by atoms with E-state index in [1.165, 1.54) is 0 Å².